The van der Waals surface area contributed by atoms with Crippen molar-refractivity contribution < 1.29 is 14.3 Å². The lowest BCUT2D eigenvalue weighted by molar-refractivity contribution is 0.102. The third kappa shape index (κ3) is 2.60. The zero-order valence-electron chi connectivity index (χ0n) is 10.4. The molecule has 2 aromatic rings. The number of anilines is 1. The average molecular weight is 335 g/mol. The molecule has 102 valence electrons. The summed E-state index contributed by atoms with van der Waals surface area (Å²) < 4.78 is 11.5. The van der Waals surface area contributed by atoms with E-state index >= 15 is 0 Å². The molecular weight excluding hydrogens is 324 g/mol. The zero-order valence-corrected chi connectivity index (χ0v) is 12.0. The molecule has 2 heterocycles. The largest absolute Gasteiger partial charge is 0.486 e. The zero-order chi connectivity index (χ0) is 13.9. The van der Waals surface area contributed by atoms with Gasteiger partial charge in [-0.15, -0.1) is 0 Å². The molecule has 0 unspecified atom stereocenters. The van der Waals surface area contributed by atoms with Gasteiger partial charge in [-0.3, -0.25) is 4.79 Å². The molecular formula is C14H11BrN2O3. The second kappa shape index (κ2) is 5.50. The van der Waals surface area contributed by atoms with Crippen molar-refractivity contribution in [1.29, 1.82) is 0 Å². The van der Waals surface area contributed by atoms with Gasteiger partial charge in [0.25, 0.3) is 5.91 Å². The Morgan fingerprint density at radius 1 is 1.20 bits per heavy atom. The van der Waals surface area contributed by atoms with Crippen LogP contribution in [0.25, 0.3) is 0 Å². The molecule has 0 saturated carbocycles. The number of nitrogens with one attached hydrogen (secondary N) is 1. The Bertz CT molecular complexity index is 661. The molecule has 3 rings (SSSR count). The molecule has 0 spiro atoms. The Labute approximate surface area is 124 Å². The predicted molar refractivity (Wildman–Crippen MR) is 77.3 cm³/mol. The summed E-state index contributed by atoms with van der Waals surface area (Å²) in [5.74, 6) is 1.03. The molecule has 0 fully saturated rings. The molecule has 6 heteroatoms. The minimum absolute atomic E-state index is 0.226. The second-order valence-corrected chi connectivity index (χ2v) is 4.91. The first-order valence-electron chi connectivity index (χ1n) is 6.05. The first kappa shape index (κ1) is 12.9. The summed E-state index contributed by atoms with van der Waals surface area (Å²) in [5.41, 5.74) is 1.12. The fourth-order valence-corrected chi connectivity index (χ4v) is 2.21. The van der Waals surface area contributed by atoms with Crippen LogP contribution in [0.3, 0.4) is 0 Å². The first-order chi connectivity index (χ1) is 9.74. The molecule has 0 aliphatic carbocycles. The third-order valence-corrected chi connectivity index (χ3v) is 3.44. The SMILES string of the molecule is O=C(Nc1cccnc1Br)c1ccc2c(c1)OCCO2. The van der Waals surface area contributed by atoms with E-state index in [-0.39, 0.29) is 5.91 Å². The summed E-state index contributed by atoms with van der Waals surface area (Å²) in [6.07, 6.45) is 1.64. The molecule has 0 radical (unpaired) electrons. The minimum atomic E-state index is -0.226. The predicted octanol–water partition coefficient (Wildman–Crippen LogP) is 2.87. The number of pyridine rings is 1. The van der Waals surface area contributed by atoms with Crippen molar-refractivity contribution in [2.24, 2.45) is 0 Å². The van der Waals surface area contributed by atoms with E-state index in [0.29, 0.717) is 40.6 Å². The van der Waals surface area contributed by atoms with E-state index in [1.54, 1.807) is 36.5 Å². The maximum absolute atomic E-state index is 12.2. The lowest BCUT2D eigenvalue weighted by Crippen LogP contribution is -2.17. The molecule has 1 aliphatic heterocycles. The lowest BCUT2D eigenvalue weighted by atomic mass is 10.2. The summed E-state index contributed by atoms with van der Waals surface area (Å²) in [5, 5.41) is 2.79. The maximum atomic E-state index is 12.2. The van der Waals surface area contributed by atoms with Gasteiger partial charge >= 0.3 is 0 Å². The Kier molecular flexibility index (Phi) is 3.56. The number of benzene rings is 1. The van der Waals surface area contributed by atoms with E-state index in [1.165, 1.54) is 0 Å². The van der Waals surface area contributed by atoms with Crippen molar-refractivity contribution in [2.75, 3.05) is 18.5 Å². The number of aromatic nitrogens is 1. The Morgan fingerprint density at radius 2 is 2.00 bits per heavy atom. The van der Waals surface area contributed by atoms with Crippen molar-refractivity contribution in [3.8, 4) is 11.5 Å². The van der Waals surface area contributed by atoms with Crippen LogP contribution in [0.15, 0.2) is 41.1 Å². The number of hydrogen-bond acceptors (Lipinski definition) is 4. The van der Waals surface area contributed by atoms with Crippen LogP contribution in [0, 0.1) is 0 Å². The van der Waals surface area contributed by atoms with Gasteiger partial charge in [-0.2, -0.15) is 0 Å². The van der Waals surface area contributed by atoms with E-state index in [4.69, 9.17) is 9.47 Å². The van der Waals surface area contributed by atoms with Gasteiger partial charge in [-0.1, -0.05) is 0 Å². The summed E-state index contributed by atoms with van der Waals surface area (Å²) in [6, 6.07) is 8.64. The highest BCUT2D eigenvalue weighted by Gasteiger charge is 2.15. The number of ether oxygens (including phenoxy) is 2. The van der Waals surface area contributed by atoms with Gasteiger partial charge in [0.1, 0.15) is 17.8 Å². The number of halogens is 1. The molecule has 1 N–H and O–H groups in total. The van der Waals surface area contributed by atoms with E-state index in [1.807, 2.05) is 0 Å². The molecule has 1 amide bonds. The number of fused-ring (bicyclic) bond motifs is 1. The first-order valence-corrected chi connectivity index (χ1v) is 6.85. The fourth-order valence-electron chi connectivity index (χ4n) is 1.86. The lowest BCUT2D eigenvalue weighted by Gasteiger charge is -2.18. The van der Waals surface area contributed by atoms with Crippen molar-refractivity contribution in [1.82, 2.24) is 4.98 Å². The van der Waals surface area contributed by atoms with Gasteiger partial charge in [-0.25, -0.2) is 4.98 Å². The number of carbonyl (C=O) groups is 1. The van der Waals surface area contributed by atoms with Gasteiger partial charge in [0, 0.05) is 11.8 Å². The van der Waals surface area contributed by atoms with E-state index in [2.05, 4.69) is 26.2 Å². The molecule has 1 aromatic heterocycles. The van der Waals surface area contributed by atoms with E-state index in [0.717, 1.165) is 0 Å². The standard InChI is InChI=1S/C14H11BrN2O3/c15-13-10(2-1-5-16-13)17-14(18)9-3-4-11-12(8-9)20-7-6-19-11/h1-5,8H,6-7H2,(H,17,18). The molecule has 0 atom stereocenters. The highest BCUT2D eigenvalue weighted by atomic mass is 79.9. The van der Waals surface area contributed by atoms with Gasteiger partial charge < -0.3 is 14.8 Å². The molecule has 0 bridgehead atoms. The highest BCUT2D eigenvalue weighted by Crippen LogP contribution is 2.31. The molecule has 5 nitrogen and oxygen atoms in total. The monoisotopic (exact) mass is 334 g/mol. The molecule has 1 aromatic carbocycles. The fraction of sp³-hybridized carbons (Fsp3) is 0.143. The summed E-state index contributed by atoms with van der Waals surface area (Å²) >= 11 is 3.29. The van der Waals surface area contributed by atoms with Gasteiger partial charge in [0.05, 0.1) is 5.69 Å². The van der Waals surface area contributed by atoms with Gasteiger partial charge in [0.2, 0.25) is 0 Å². The second-order valence-electron chi connectivity index (χ2n) is 4.15. The summed E-state index contributed by atoms with van der Waals surface area (Å²) in [6.45, 7) is 1.02. The van der Waals surface area contributed by atoms with Crippen molar-refractivity contribution in [3.63, 3.8) is 0 Å². The molecule has 0 saturated heterocycles. The Morgan fingerprint density at radius 3 is 2.80 bits per heavy atom. The smallest absolute Gasteiger partial charge is 0.255 e. The third-order valence-electron chi connectivity index (χ3n) is 2.81. The van der Waals surface area contributed by atoms with Crippen LogP contribution in [0.4, 0.5) is 5.69 Å². The minimum Gasteiger partial charge on any atom is -0.486 e. The van der Waals surface area contributed by atoms with Crippen LogP contribution in [0.1, 0.15) is 10.4 Å². The average Bonchev–Trinajstić information content (AvgIpc) is 2.49. The molecule has 1 aliphatic rings. The topological polar surface area (TPSA) is 60.5 Å². The van der Waals surface area contributed by atoms with Crippen LogP contribution >= 0.6 is 15.9 Å². The molecule has 20 heavy (non-hydrogen) atoms. The quantitative estimate of drug-likeness (QED) is 0.858. The highest BCUT2D eigenvalue weighted by molar-refractivity contribution is 9.10. The number of amides is 1. The van der Waals surface area contributed by atoms with E-state index in [9.17, 15) is 4.79 Å². The van der Waals surface area contributed by atoms with Crippen molar-refractivity contribution >= 4 is 27.5 Å². The van der Waals surface area contributed by atoms with Crippen LogP contribution in [-0.4, -0.2) is 24.1 Å². The number of hydrogen-bond donors (Lipinski definition) is 1. The number of rotatable bonds is 2. The summed E-state index contributed by atoms with van der Waals surface area (Å²) in [4.78, 5) is 16.2. The summed E-state index contributed by atoms with van der Waals surface area (Å²) in [7, 11) is 0. The van der Waals surface area contributed by atoms with Gasteiger partial charge in [-0.05, 0) is 46.3 Å². The Balaban J connectivity index is 1.82. The normalized spacial score (nSPS) is 12.8. The van der Waals surface area contributed by atoms with E-state index < -0.39 is 0 Å². The van der Waals surface area contributed by atoms with Crippen LogP contribution in [0.2, 0.25) is 0 Å². The van der Waals surface area contributed by atoms with Crippen molar-refractivity contribution in [3.05, 3.63) is 46.7 Å². The Hall–Kier alpha value is -2.08. The number of nitrogens with zero attached hydrogens (tertiary/aromatic N) is 1. The number of carbonyl (C=O) groups excluding carboxylic acids is 1. The van der Waals surface area contributed by atoms with Crippen LogP contribution in [0.5, 0.6) is 11.5 Å². The van der Waals surface area contributed by atoms with Gasteiger partial charge in [0.15, 0.2) is 11.5 Å². The van der Waals surface area contributed by atoms with Crippen molar-refractivity contribution in [2.45, 2.75) is 0 Å². The maximum Gasteiger partial charge on any atom is 0.255 e. The van der Waals surface area contributed by atoms with Crippen LogP contribution < -0.4 is 14.8 Å². The van der Waals surface area contributed by atoms with Crippen LogP contribution in [-0.2, 0) is 0 Å².